The number of nitrogens with zero attached hydrogens (tertiary/aromatic N) is 2. The minimum atomic E-state index is -1.06. The molecule has 30 heavy (non-hydrogen) atoms. The summed E-state index contributed by atoms with van der Waals surface area (Å²) in [5.41, 5.74) is 1.76. The molecule has 2 aromatic carbocycles. The van der Waals surface area contributed by atoms with Crippen molar-refractivity contribution in [3.8, 4) is 5.75 Å². The Morgan fingerprint density at radius 1 is 1.10 bits per heavy atom. The standard InChI is InChI=1S/C21H19N3O5S/c1-2-18-22-21(24-23-18)30-17(20(27)28)11-13-5-9-16(10-6-13)29-12-14-3-7-15(8-4-14)19(25)26/h3-11H,2,12H2,1H3,(H,25,26)(H,27,28)(H,22,23,24)/b17-11-. The van der Waals surface area contributed by atoms with E-state index in [4.69, 9.17) is 9.84 Å². The van der Waals surface area contributed by atoms with Crippen LogP contribution in [-0.2, 0) is 17.8 Å². The molecule has 0 radical (unpaired) electrons. The lowest BCUT2D eigenvalue weighted by atomic mass is 10.1. The first kappa shape index (κ1) is 21.1. The number of aliphatic carboxylic acids is 1. The first-order valence-corrected chi connectivity index (χ1v) is 9.85. The van der Waals surface area contributed by atoms with Gasteiger partial charge in [0, 0.05) is 6.42 Å². The summed E-state index contributed by atoms with van der Waals surface area (Å²) in [4.78, 5) is 26.8. The summed E-state index contributed by atoms with van der Waals surface area (Å²) >= 11 is 0.978. The minimum absolute atomic E-state index is 0.101. The Morgan fingerprint density at radius 2 is 1.80 bits per heavy atom. The molecule has 0 aliphatic carbocycles. The van der Waals surface area contributed by atoms with E-state index in [0.717, 1.165) is 17.3 Å². The largest absolute Gasteiger partial charge is 0.489 e. The number of hydrogen-bond acceptors (Lipinski definition) is 6. The van der Waals surface area contributed by atoms with Crippen LogP contribution in [0.4, 0.5) is 0 Å². The molecule has 0 aliphatic heterocycles. The van der Waals surface area contributed by atoms with Gasteiger partial charge in [-0.3, -0.25) is 5.10 Å². The molecule has 0 unspecified atom stereocenters. The number of carboxylic acid groups (broad SMARTS) is 2. The van der Waals surface area contributed by atoms with E-state index in [1.165, 1.54) is 12.1 Å². The van der Waals surface area contributed by atoms with Crippen LogP contribution in [0.25, 0.3) is 6.08 Å². The average molecular weight is 425 g/mol. The molecule has 1 heterocycles. The van der Waals surface area contributed by atoms with Gasteiger partial charge in [-0.25, -0.2) is 14.6 Å². The summed E-state index contributed by atoms with van der Waals surface area (Å²) in [6.07, 6.45) is 2.23. The van der Waals surface area contributed by atoms with Gasteiger partial charge in [-0.05, 0) is 53.2 Å². The van der Waals surface area contributed by atoms with Crippen molar-refractivity contribution >= 4 is 29.8 Å². The van der Waals surface area contributed by atoms with E-state index in [0.29, 0.717) is 28.7 Å². The van der Waals surface area contributed by atoms with Gasteiger partial charge in [0.25, 0.3) is 0 Å². The van der Waals surface area contributed by atoms with Gasteiger partial charge in [-0.15, -0.1) is 5.10 Å². The van der Waals surface area contributed by atoms with Crippen LogP contribution in [0, 0.1) is 0 Å². The van der Waals surface area contributed by atoms with Gasteiger partial charge in [0.2, 0.25) is 5.16 Å². The Morgan fingerprint density at radius 3 is 2.37 bits per heavy atom. The Hall–Kier alpha value is -3.59. The number of aromatic nitrogens is 3. The van der Waals surface area contributed by atoms with Crippen molar-refractivity contribution in [2.24, 2.45) is 0 Å². The van der Waals surface area contributed by atoms with Crippen LogP contribution in [0.2, 0.25) is 0 Å². The highest BCUT2D eigenvalue weighted by Crippen LogP contribution is 2.26. The fourth-order valence-corrected chi connectivity index (χ4v) is 3.16. The summed E-state index contributed by atoms with van der Waals surface area (Å²) in [6, 6.07) is 13.4. The van der Waals surface area contributed by atoms with Gasteiger partial charge in [-0.1, -0.05) is 31.2 Å². The summed E-state index contributed by atoms with van der Waals surface area (Å²) in [6.45, 7) is 2.22. The molecule has 0 atom stereocenters. The van der Waals surface area contributed by atoms with Crippen molar-refractivity contribution in [1.82, 2.24) is 15.2 Å². The smallest absolute Gasteiger partial charge is 0.342 e. The monoisotopic (exact) mass is 425 g/mol. The molecule has 0 bridgehead atoms. The molecule has 9 heteroatoms. The number of aromatic amines is 1. The fourth-order valence-electron chi connectivity index (χ4n) is 2.44. The van der Waals surface area contributed by atoms with Crippen LogP contribution in [0.3, 0.4) is 0 Å². The second kappa shape index (κ2) is 9.75. The van der Waals surface area contributed by atoms with Gasteiger partial charge in [-0.2, -0.15) is 0 Å². The first-order chi connectivity index (χ1) is 14.4. The maximum atomic E-state index is 11.6. The Labute approximate surface area is 176 Å². The summed E-state index contributed by atoms with van der Waals surface area (Å²) in [5.74, 6) is -0.728. The van der Waals surface area contributed by atoms with Crippen molar-refractivity contribution in [3.63, 3.8) is 0 Å². The van der Waals surface area contributed by atoms with Crippen LogP contribution < -0.4 is 4.74 Å². The molecule has 0 saturated carbocycles. The number of carboxylic acids is 2. The van der Waals surface area contributed by atoms with Crippen LogP contribution in [0.5, 0.6) is 5.75 Å². The van der Waals surface area contributed by atoms with Crippen LogP contribution >= 0.6 is 11.8 Å². The number of carbonyl (C=O) groups is 2. The number of aryl methyl sites for hydroxylation is 1. The van der Waals surface area contributed by atoms with E-state index in [2.05, 4.69) is 15.2 Å². The van der Waals surface area contributed by atoms with E-state index in [1.54, 1.807) is 42.5 Å². The first-order valence-electron chi connectivity index (χ1n) is 9.04. The van der Waals surface area contributed by atoms with Crippen molar-refractivity contribution < 1.29 is 24.5 Å². The zero-order chi connectivity index (χ0) is 21.5. The van der Waals surface area contributed by atoms with E-state index in [9.17, 15) is 14.7 Å². The zero-order valence-corrected chi connectivity index (χ0v) is 16.8. The molecule has 8 nitrogen and oxygen atoms in total. The fraction of sp³-hybridized carbons (Fsp3) is 0.143. The maximum Gasteiger partial charge on any atom is 0.342 e. The highest BCUT2D eigenvalue weighted by Gasteiger charge is 2.13. The third kappa shape index (κ3) is 5.71. The van der Waals surface area contributed by atoms with E-state index in [-0.39, 0.29) is 17.1 Å². The summed E-state index contributed by atoms with van der Waals surface area (Å²) in [7, 11) is 0. The second-order valence-corrected chi connectivity index (χ2v) is 7.20. The quantitative estimate of drug-likeness (QED) is 0.349. The molecular weight excluding hydrogens is 406 g/mol. The molecular formula is C21H19N3O5S. The number of rotatable bonds is 9. The average Bonchev–Trinajstić information content (AvgIpc) is 3.20. The zero-order valence-electron chi connectivity index (χ0n) is 16.0. The number of benzene rings is 2. The van der Waals surface area contributed by atoms with Gasteiger partial charge in [0.05, 0.1) is 5.56 Å². The van der Waals surface area contributed by atoms with Gasteiger partial charge in [0.15, 0.2) is 0 Å². The molecule has 1 aromatic heterocycles. The number of H-pyrrole nitrogens is 1. The molecule has 3 N–H and O–H groups in total. The Kier molecular flexibility index (Phi) is 6.87. The Bertz CT molecular complexity index is 1060. The predicted molar refractivity (Wildman–Crippen MR) is 111 cm³/mol. The van der Waals surface area contributed by atoms with Crippen LogP contribution in [0.15, 0.2) is 58.6 Å². The highest BCUT2D eigenvalue weighted by molar-refractivity contribution is 8.04. The number of ether oxygens (including phenoxy) is 1. The summed E-state index contributed by atoms with van der Waals surface area (Å²) < 4.78 is 5.70. The van der Waals surface area contributed by atoms with E-state index in [1.807, 2.05) is 6.92 Å². The normalized spacial score (nSPS) is 11.3. The number of nitrogens with one attached hydrogen (secondary N) is 1. The van der Waals surface area contributed by atoms with Crippen molar-refractivity contribution in [2.75, 3.05) is 0 Å². The molecule has 0 amide bonds. The lowest BCUT2D eigenvalue weighted by Crippen LogP contribution is -1.99. The molecule has 3 rings (SSSR count). The molecule has 0 spiro atoms. The van der Waals surface area contributed by atoms with Crippen LogP contribution in [-0.4, -0.2) is 37.3 Å². The van der Waals surface area contributed by atoms with Gasteiger partial charge < -0.3 is 14.9 Å². The van der Waals surface area contributed by atoms with E-state index < -0.39 is 11.9 Å². The van der Waals surface area contributed by atoms with Gasteiger partial charge in [0.1, 0.15) is 23.1 Å². The lowest BCUT2D eigenvalue weighted by Gasteiger charge is -2.07. The maximum absolute atomic E-state index is 11.6. The van der Waals surface area contributed by atoms with Gasteiger partial charge >= 0.3 is 11.9 Å². The third-order valence-electron chi connectivity index (χ3n) is 4.04. The minimum Gasteiger partial charge on any atom is -0.489 e. The SMILES string of the molecule is CCc1nc(S/C(=C\c2ccc(OCc3ccc(C(=O)O)cc3)cc2)C(=O)O)n[nH]1. The number of aromatic carboxylic acids is 1. The van der Waals surface area contributed by atoms with Crippen molar-refractivity contribution in [2.45, 2.75) is 25.1 Å². The summed E-state index contributed by atoms with van der Waals surface area (Å²) in [5, 5.41) is 25.5. The number of thioether (sulfide) groups is 1. The van der Waals surface area contributed by atoms with Crippen molar-refractivity contribution in [3.05, 3.63) is 76.0 Å². The predicted octanol–water partition coefficient (Wildman–Crippen LogP) is 3.86. The topological polar surface area (TPSA) is 125 Å². The Balaban J connectivity index is 1.64. The molecule has 0 aliphatic rings. The van der Waals surface area contributed by atoms with Crippen molar-refractivity contribution in [1.29, 1.82) is 0 Å². The molecule has 154 valence electrons. The lowest BCUT2D eigenvalue weighted by molar-refractivity contribution is -0.131. The second-order valence-electron chi connectivity index (χ2n) is 6.19. The third-order valence-corrected chi connectivity index (χ3v) is 4.92. The van der Waals surface area contributed by atoms with Crippen LogP contribution in [0.1, 0.15) is 34.2 Å². The number of hydrogen-bond donors (Lipinski definition) is 3. The molecule has 0 saturated heterocycles. The molecule has 3 aromatic rings. The molecule has 0 fully saturated rings. The van der Waals surface area contributed by atoms with E-state index >= 15 is 0 Å². The highest BCUT2D eigenvalue weighted by atomic mass is 32.2.